The van der Waals surface area contributed by atoms with E-state index in [1.165, 1.54) is 71.8 Å². The Bertz CT molecular complexity index is 7060. The number of para-hydroxylation sites is 6. The molecule has 2 unspecified atom stereocenters. The second-order valence-corrected chi connectivity index (χ2v) is 38.5. The van der Waals surface area contributed by atoms with Gasteiger partial charge in [-0.1, -0.05) is 241 Å². The third-order valence-electron chi connectivity index (χ3n) is 22.8. The molecule has 16 heteroatoms. The predicted octanol–water partition coefficient (Wildman–Crippen LogP) is 19.6. The van der Waals surface area contributed by atoms with Crippen molar-refractivity contribution in [2.24, 2.45) is 14.1 Å². The standard InChI is InChI=1S/2C50H33FN4SSi.2Pd/c1-54-42-26-10-9-25-41(42)53-49(54)35-18-14-16-33(30-35)46(51)34-17-15-19-36(31-34)55-43-27-11-13-29-45(43)57(37-20-4-2-5-21-37,38-22-6-3-7-23-38)48-47-40(32-52-50(48)55)39-24-8-12-28-44(39)56-47;1-54-41-26-10-9-25-40(41)53-49(54)35-18-14-16-33(30-35)47(51)34-17-15-19-36(31-34)55-42-27-11-13-29-45(42)57(37-20-4-2-5-21-37,38-22-6-3-7-23-38)48-46-39-24-8-12-28-43(39)56-44(46)32-52-50(48)55;;/h2-29,32,46H,1H3;2-29,32,47H,1H3;;/q2*-2;2*+2. The molecule has 2 aliphatic rings. The van der Waals surface area contributed by atoms with Gasteiger partial charge in [0.1, 0.15) is 24.0 Å². The van der Waals surface area contributed by atoms with Crippen molar-refractivity contribution in [1.29, 1.82) is 0 Å². The number of halogens is 2. The molecular formula is C100H66F2N8Pd2S2Si2. The summed E-state index contributed by atoms with van der Waals surface area (Å²) in [6.45, 7) is 0. The molecule has 116 heavy (non-hydrogen) atoms. The van der Waals surface area contributed by atoms with Gasteiger partial charge in [-0.05, 0) is 79.7 Å². The largest absolute Gasteiger partial charge is 2.00 e. The molecule has 2 aliphatic heterocycles. The molecule has 0 saturated heterocycles. The van der Waals surface area contributed by atoms with Gasteiger partial charge in [0.25, 0.3) is 0 Å². The Kier molecular flexibility index (Phi) is 19.4. The van der Waals surface area contributed by atoms with E-state index >= 15 is 8.78 Å². The normalized spacial score (nSPS) is 13.6. The summed E-state index contributed by atoms with van der Waals surface area (Å²) in [4.78, 5) is 24.9. The van der Waals surface area contributed by atoms with Crippen LogP contribution in [0.15, 0.2) is 352 Å². The monoisotopic (exact) mass is 1750 g/mol. The van der Waals surface area contributed by atoms with Gasteiger partial charge in [-0.2, -0.15) is 36.4 Å². The van der Waals surface area contributed by atoms with E-state index in [-0.39, 0.29) is 40.8 Å². The number of pyridine rings is 2. The molecular weight excluding hydrogens is 1680 g/mol. The Hall–Kier alpha value is -12.0. The van der Waals surface area contributed by atoms with Gasteiger partial charge in [0.2, 0.25) is 0 Å². The van der Waals surface area contributed by atoms with Gasteiger partial charge in [0, 0.05) is 83.9 Å². The predicted molar refractivity (Wildman–Crippen MR) is 472 cm³/mol. The van der Waals surface area contributed by atoms with E-state index in [2.05, 4.69) is 252 Å². The molecule has 20 aromatic rings. The average Bonchev–Trinajstić information content (AvgIpc) is 0.884. The maximum atomic E-state index is 17.0. The van der Waals surface area contributed by atoms with Crippen LogP contribution in [0.4, 0.5) is 43.2 Å². The Labute approximate surface area is 707 Å². The first-order valence-corrected chi connectivity index (χ1v) is 43.7. The van der Waals surface area contributed by atoms with Crippen LogP contribution in [0.1, 0.15) is 34.6 Å². The zero-order valence-electron chi connectivity index (χ0n) is 62.4. The van der Waals surface area contributed by atoms with Crippen molar-refractivity contribution in [3.63, 3.8) is 0 Å². The number of rotatable bonds is 12. The van der Waals surface area contributed by atoms with Gasteiger partial charge in [0.05, 0.1) is 38.4 Å². The number of alkyl halides is 2. The van der Waals surface area contributed by atoms with Crippen molar-refractivity contribution in [3.05, 3.63) is 399 Å². The molecule has 0 radical (unpaired) electrons. The van der Waals surface area contributed by atoms with Crippen molar-refractivity contribution in [2.45, 2.75) is 12.3 Å². The smallest absolute Gasteiger partial charge is 0.367 e. The SMILES string of the molecule is Cn1c(-c2[c-]c(C(F)c3[c-]c(N4c5ccccc5[Si](c5ccccc5)(c5ccccc5)c5c4ncc4c5sc5ccccc54)ccc3)ccc2)nc2ccccc21.Cn1c(-c2[c-]c(C(F)c3[c-]c(N4c5ccccc5[Si](c5ccccc5)(c5ccccc5)c5c4ncc4sc6ccccc6c54)ccc3)ccc2)nc2ccccc21.[Pd+2].[Pd+2]. The number of aromatic nitrogens is 6. The van der Waals surface area contributed by atoms with E-state index in [1.807, 2.05) is 156 Å². The van der Waals surface area contributed by atoms with E-state index < -0.39 is 28.5 Å². The minimum Gasteiger partial charge on any atom is -0.367 e. The Morgan fingerprint density at radius 1 is 0.336 bits per heavy atom. The summed E-state index contributed by atoms with van der Waals surface area (Å²) in [5, 5.41) is 14.9. The first-order chi connectivity index (χ1) is 56.2. The quantitative estimate of drug-likeness (QED) is 0.0897. The summed E-state index contributed by atoms with van der Waals surface area (Å²) in [6, 6.07) is 131. The maximum Gasteiger partial charge on any atom is 2.00 e. The minimum absolute atomic E-state index is 0. The van der Waals surface area contributed by atoms with Crippen LogP contribution in [0.3, 0.4) is 0 Å². The van der Waals surface area contributed by atoms with Crippen LogP contribution >= 0.6 is 22.7 Å². The van der Waals surface area contributed by atoms with E-state index in [0.717, 1.165) is 89.3 Å². The van der Waals surface area contributed by atoms with Crippen LogP contribution in [0.2, 0.25) is 0 Å². The first kappa shape index (κ1) is 74.1. The fourth-order valence-electron chi connectivity index (χ4n) is 17.8. The summed E-state index contributed by atoms with van der Waals surface area (Å²) in [5.74, 6) is 3.19. The van der Waals surface area contributed by atoms with Crippen molar-refractivity contribution in [2.75, 3.05) is 9.80 Å². The summed E-state index contributed by atoms with van der Waals surface area (Å²) in [7, 11) is -2.09. The molecule has 2 atom stereocenters. The topological polar surface area (TPSA) is 67.9 Å². The van der Waals surface area contributed by atoms with Crippen molar-refractivity contribution >= 4 is 177 Å². The van der Waals surface area contributed by atoms with Crippen molar-refractivity contribution < 1.29 is 49.6 Å². The van der Waals surface area contributed by atoms with Gasteiger partial charge in [0.15, 0.2) is 16.1 Å². The van der Waals surface area contributed by atoms with Gasteiger partial charge in [-0.3, -0.25) is 9.97 Å². The maximum absolute atomic E-state index is 17.0. The average molecular weight is 1750 g/mol. The molecule has 0 aliphatic carbocycles. The Morgan fingerprint density at radius 2 is 0.716 bits per heavy atom. The van der Waals surface area contributed by atoms with Crippen LogP contribution < -0.4 is 51.3 Å². The Balaban J connectivity index is 0.000000152. The molecule has 6 aromatic heterocycles. The third-order valence-corrected chi connectivity index (χ3v) is 35.0. The van der Waals surface area contributed by atoms with Crippen LogP contribution in [0.25, 0.3) is 85.2 Å². The fourth-order valence-corrected chi connectivity index (χ4v) is 31.1. The second kappa shape index (κ2) is 30.3. The molecule has 0 bridgehead atoms. The molecule has 8 nitrogen and oxygen atoms in total. The van der Waals surface area contributed by atoms with Gasteiger partial charge in [-0.25, -0.2) is 18.7 Å². The number of benzene rings is 14. The van der Waals surface area contributed by atoms with Crippen LogP contribution in [0, 0.1) is 24.3 Å². The van der Waals surface area contributed by atoms with E-state index in [0.29, 0.717) is 22.3 Å². The molecule has 0 fully saturated rings. The summed E-state index contributed by atoms with van der Waals surface area (Å²) < 4.78 is 42.9. The number of anilines is 6. The number of imidazole rings is 2. The summed E-state index contributed by atoms with van der Waals surface area (Å²) in [5.41, 5.74) is 10.5. The molecule has 22 rings (SSSR count). The molecule has 8 heterocycles. The summed E-state index contributed by atoms with van der Waals surface area (Å²) in [6.07, 6.45) is 1.11. The zero-order valence-corrected chi connectivity index (χ0v) is 69.2. The number of aryl methyl sites for hydroxylation is 2. The van der Waals surface area contributed by atoms with Gasteiger partial charge < -0.3 is 18.9 Å². The fraction of sp³-hybridized carbons (Fsp3) is 0.0400. The second-order valence-electron chi connectivity index (χ2n) is 29.0. The van der Waals surface area contributed by atoms with Gasteiger partial charge in [-0.15, -0.1) is 106 Å². The van der Waals surface area contributed by atoms with Gasteiger partial charge >= 0.3 is 40.8 Å². The van der Waals surface area contributed by atoms with Crippen molar-refractivity contribution in [3.8, 4) is 22.8 Å². The molecule has 0 spiro atoms. The molecule has 0 saturated carbocycles. The molecule has 0 N–H and O–H groups in total. The third kappa shape index (κ3) is 11.9. The molecule has 14 aromatic carbocycles. The zero-order chi connectivity index (χ0) is 76.2. The van der Waals surface area contributed by atoms with E-state index in [9.17, 15) is 0 Å². The number of nitrogens with zero attached hydrogens (tertiary/aromatic N) is 8. The van der Waals surface area contributed by atoms with Crippen LogP contribution in [-0.2, 0) is 54.9 Å². The number of hydrogen-bond acceptors (Lipinski definition) is 8. The first-order valence-electron chi connectivity index (χ1n) is 38.1. The molecule has 0 amide bonds. The van der Waals surface area contributed by atoms with E-state index in [4.69, 9.17) is 19.9 Å². The number of thiophene rings is 2. The van der Waals surface area contributed by atoms with Crippen LogP contribution in [0.5, 0.6) is 0 Å². The van der Waals surface area contributed by atoms with Crippen LogP contribution in [-0.4, -0.2) is 45.2 Å². The Morgan fingerprint density at radius 3 is 1.20 bits per heavy atom. The number of fused-ring (bicyclic) bond motifs is 14. The molecule has 560 valence electrons. The van der Waals surface area contributed by atoms with E-state index in [1.54, 1.807) is 23.5 Å². The minimum atomic E-state index is -3.04. The summed E-state index contributed by atoms with van der Waals surface area (Å²) >= 11 is 3.62. The van der Waals surface area contributed by atoms with Crippen molar-refractivity contribution in [1.82, 2.24) is 29.1 Å². The number of hydrogen-bond donors (Lipinski definition) is 0.